The highest BCUT2D eigenvalue weighted by atomic mass is 35.5. The molecule has 0 spiro atoms. The summed E-state index contributed by atoms with van der Waals surface area (Å²) in [6, 6.07) is 4.98. The fourth-order valence-corrected chi connectivity index (χ4v) is 2.28. The zero-order chi connectivity index (χ0) is 13.7. The fraction of sp³-hybridized carbons (Fsp3) is 0.500. The molecule has 0 aliphatic carbocycles. The Balaban J connectivity index is 2.71. The highest BCUT2D eigenvalue weighted by molar-refractivity contribution is 6.42. The maximum absolute atomic E-state index is 12.1. The number of Topliss-reactive ketones (excluding diaryl/α,β-unsaturated/α-hetero) is 1. The molecule has 1 rings (SSSR count). The molecule has 0 saturated heterocycles. The average molecular weight is 288 g/mol. The van der Waals surface area contributed by atoms with Crippen LogP contribution >= 0.6 is 23.2 Å². The van der Waals surface area contributed by atoms with Crippen LogP contribution in [0.4, 0.5) is 0 Å². The van der Waals surface area contributed by atoms with Gasteiger partial charge >= 0.3 is 0 Å². The van der Waals surface area contributed by atoms with Crippen molar-refractivity contribution in [3.63, 3.8) is 0 Å². The van der Waals surface area contributed by atoms with E-state index in [0.29, 0.717) is 34.5 Å². The van der Waals surface area contributed by atoms with E-state index in [1.807, 2.05) is 0 Å². The third kappa shape index (κ3) is 4.60. The van der Waals surface area contributed by atoms with Gasteiger partial charge in [-0.25, -0.2) is 0 Å². The number of carbonyl (C=O) groups excluding carboxylic acids is 1. The van der Waals surface area contributed by atoms with Gasteiger partial charge in [-0.05, 0) is 43.0 Å². The van der Waals surface area contributed by atoms with Gasteiger partial charge in [-0.1, -0.05) is 37.0 Å². The summed E-state index contributed by atoms with van der Waals surface area (Å²) >= 11 is 11.7. The van der Waals surface area contributed by atoms with Crippen molar-refractivity contribution in [2.24, 2.45) is 17.6 Å². The van der Waals surface area contributed by atoms with Gasteiger partial charge in [0.2, 0.25) is 0 Å². The summed E-state index contributed by atoms with van der Waals surface area (Å²) < 4.78 is 0. The molecule has 0 aliphatic rings. The molecule has 0 aliphatic heterocycles. The van der Waals surface area contributed by atoms with Crippen LogP contribution in [0.3, 0.4) is 0 Å². The minimum absolute atomic E-state index is 0.0738. The first-order valence-corrected chi connectivity index (χ1v) is 6.88. The molecule has 0 aromatic heterocycles. The third-order valence-corrected chi connectivity index (χ3v) is 3.59. The second-order valence-electron chi connectivity index (χ2n) is 4.99. The Hall–Kier alpha value is -0.570. The fourth-order valence-electron chi connectivity index (χ4n) is 1.98. The van der Waals surface area contributed by atoms with E-state index in [1.165, 1.54) is 0 Å². The quantitative estimate of drug-likeness (QED) is 0.798. The summed E-state index contributed by atoms with van der Waals surface area (Å²) in [5, 5.41) is 0.876. The topological polar surface area (TPSA) is 43.1 Å². The molecule has 0 amide bonds. The highest BCUT2D eigenvalue weighted by Gasteiger charge is 2.16. The number of halogens is 2. The van der Waals surface area contributed by atoms with Gasteiger partial charge in [0.05, 0.1) is 10.0 Å². The molecule has 1 unspecified atom stereocenters. The number of ketones is 1. The molecule has 1 aromatic rings. The molecule has 4 heteroatoms. The predicted octanol–water partition coefficient (Wildman–Crippen LogP) is 4.19. The van der Waals surface area contributed by atoms with Crippen LogP contribution in [-0.2, 0) is 0 Å². The van der Waals surface area contributed by atoms with Crippen molar-refractivity contribution in [1.82, 2.24) is 0 Å². The van der Waals surface area contributed by atoms with Crippen molar-refractivity contribution in [2.45, 2.75) is 26.7 Å². The molecule has 1 atom stereocenters. The van der Waals surface area contributed by atoms with Crippen molar-refractivity contribution >= 4 is 29.0 Å². The SMILES string of the molecule is CC(C)CC(CN)CC(=O)c1ccc(Cl)c(Cl)c1. The van der Waals surface area contributed by atoms with E-state index >= 15 is 0 Å². The second kappa shape index (κ2) is 7.13. The van der Waals surface area contributed by atoms with Crippen LogP contribution in [-0.4, -0.2) is 12.3 Å². The molecule has 0 radical (unpaired) electrons. The van der Waals surface area contributed by atoms with E-state index < -0.39 is 0 Å². The molecule has 100 valence electrons. The lowest BCUT2D eigenvalue weighted by molar-refractivity contribution is 0.0957. The van der Waals surface area contributed by atoms with Crippen molar-refractivity contribution in [2.75, 3.05) is 6.54 Å². The highest BCUT2D eigenvalue weighted by Crippen LogP contribution is 2.24. The van der Waals surface area contributed by atoms with Crippen LogP contribution in [0.25, 0.3) is 0 Å². The van der Waals surface area contributed by atoms with Gasteiger partial charge in [-0.3, -0.25) is 4.79 Å². The smallest absolute Gasteiger partial charge is 0.163 e. The minimum Gasteiger partial charge on any atom is -0.330 e. The van der Waals surface area contributed by atoms with Gasteiger partial charge in [-0.2, -0.15) is 0 Å². The van der Waals surface area contributed by atoms with Crippen molar-refractivity contribution < 1.29 is 4.79 Å². The van der Waals surface area contributed by atoms with E-state index in [4.69, 9.17) is 28.9 Å². The first-order valence-electron chi connectivity index (χ1n) is 6.12. The van der Waals surface area contributed by atoms with E-state index in [0.717, 1.165) is 6.42 Å². The standard InChI is InChI=1S/C14H19Cl2NO/c1-9(2)5-10(8-17)6-14(18)11-3-4-12(15)13(16)7-11/h3-4,7,9-10H,5-6,8,17H2,1-2H3. The van der Waals surface area contributed by atoms with Crippen molar-refractivity contribution in [3.8, 4) is 0 Å². The van der Waals surface area contributed by atoms with Crippen LogP contribution in [0.5, 0.6) is 0 Å². The van der Waals surface area contributed by atoms with E-state index in [-0.39, 0.29) is 11.7 Å². The Bertz CT molecular complexity index is 418. The Labute approximate surface area is 118 Å². The van der Waals surface area contributed by atoms with Gasteiger partial charge in [0.25, 0.3) is 0 Å². The third-order valence-electron chi connectivity index (χ3n) is 2.85. The summed E-state index contributed by atoms with van der Waals surface area (Å²) in [5.74, 6) is 0.844. The number of hydrogen-bond donors (Lipinski definition) is 1. The molecule has 1 aromatic carbocycles. The predicted molar refractivity (Wildman–Crippen MR) is 77.4 cm³/mol. The van der Waals surface area contributed by atoms with E-state index in [9.17, 15) is 4.79 Å². The lowest BCUT2D eigenvalue weighted by Gasteiger charge is -2.16. The van der Waals surface area contributed by atoms with Gasteiger partial charge in [0, 0.05) is 12.0 Å². The number of benzene rings is 1. The zero-order valence-electron chi connectivity index (χ0n) is 10.7. The monoisotopic (exact) mass is 287 g/mol. The minimum atomic E-state index is 0.0738. The number of rotatable bonds is 6. The van der Waals surface area contributed by atoms with Gasteiger partial charge in [0.15, 0.2) is 5.78 Å². The Morgan fingerprint density at radius 3 is 2.44 bits per heavy atom. The average Bonchev–Trinajstić information content (AvgIpc) is 2.31. The Morgan fingerprint density at radius 2 is 1.94 bits per heavy atom. The van der Waals surface area contributed by atoms with E-state index in [2.05, 4.69) is 13.8 Å². The van der Waals surface area contributed by atoms with Crippen LogP contribution < -0.4 is 5.73 Å². The molecule has 18 heavy (non-hydrogen) atoms. The first kappa shape index (κ1) is 15.5. The lowest BCUT2D eigenvalue weighted by atomic mass is 9.91. The van der Waals surface area contributed by atoms with Crippen molar-refractivity contribution in [1.29, 1.82) is 0 Å². The molecule has 0 fully saturated rings. The summed E-state index contributed by atoms with van der Waals surface area (Å²) in [5.41, 5.74) is 6.31. The molecule has 0 bridgehead atoms. The largest absolute Gasteiger partial charge is 0.330 e. The summed E-state index contributed by atoms with van der Waals surface area (Å²) in [6.07, 6.45) is 1.43. The number of carbonyl (C=O) groups is 1. The second-order valence-corrected chi connectivity index (χ2v) is 5.80. The number of hydrogen-bond acceptors (Lipinski definition) is 2. The van der Waals surface area contributed by atoms with Crippen LogP contribution in [0, 0.1) is 11.8 Å². The molecular weight excluding hydrogens is 269 g/mol. The molecule has 0 saturated carbocycles. The summed E-state index contributed by atoms with van der Waals surface area (Å²) in [4.78, 5) is 12.1. The summed E-state index contributed by atoms with van der Waals surface area (Å²) in [7, 11) is 0. The van der Waals surface area contributed by atoms with Crippen LogP contribution in [0.2, 0.25) is 10.0 Å². The Morgan fingerprint density at radius 1 is 1.28 bits per heavy atom. The van der Waals surface area contributed by atoms with Gasteiger partial charge in [0.1, 0.15) is 0 Å². The summed E-state index contributed by atoms with van der Waals surface area (Å²) in [6.45, 7) is 4.80. The Kier molecular flexibility index (Phi) is 6.13. The van der Waals surface area contributed by atoms with Gasteiger partial charge < -0.3 is 5.73 Å². The van der Waals surface area contributed by atoms with E-state index in [1.54, 1.807) is 18.2 Å². The normalized spacial score (nSPS) is 12.8. The molecule has 2 N–H and O–H groups in total. The maximum atomic E-state index is 12.1. The van der Waals surface area contributed by atoms with Gasteiger partial charge in [-0.15, -0.1) is 0 Å². The van der Waals surface area contributed by atoms with Crippen LogP contribution in [0.15, 0.2) is 18.2 Å². The number of nitrogens with two attached hydrogens (primary N) is 1. The molecular formula is C14H19Cl2NO. The first-order chi connectivity index (χ1) is 8.43. The van der Waals surface area contributed by atoms with Crippen molar-refractivity contribution in [3.05, 3.63) is 33.8 Å². The zero-order valence-corrected chi connectivity index (χ0v) is 12.3. The molecule has 0 heterocycles. The van der Waals surface area contributed by atoms with Crippen LogP contribution in [0.1, 0.15) is 37.0 Å². The maximum Gasteiger partial charge on any atom is 0.163 e. The lowest BCUT2D eigenvalue weighted by Crippen LogP contribution is -2.20. The molecule has 2 nitrogen and oxygen atoms in total.